The Morgan fingerprint density at radius 3 is 2.71 bits per heavy atom. The maximum Gasteiger partial charge on any atom is 0.329 e. The minimum absolute atomic E-state index is 0.144. The predicted molar refractivity (Wildman–Crippen MR) is 150 cm³/mol. The van der Waals surface area contributed by atoms with Crippen molar-refractivity contribution in [1.82, 2.24) is 19.1 Å². The van der Waals surface area contributed by atoms with Crippen LogP contribution in [0.25, 0.3) is 6.08 Å². The zero-order valence-corrected chi connectivity index (χ0v) is 23.7. The van der Waals surface area contributed by atoms with E-state index in [1.54, 1.807) is 16.8 Å². The number of ether oxygens (including phenoxy) is 1. The summed E-state index contributed by atoms with van der Waals surface area (Å²) in [7, 11) is 3.10. The van der Waals surface area contributed by atoms with Gasteiger partial charge in [-0.25, -0.2) is 9.10 Å². The number of nitriles is 1. The van der Waals surface area contributed by atoms with Gasteiger partial charge in [0.2, 0.25) is 5.91 Å². The number of amidine groups is 1. The van der Waals surface area contributed by atoms with Gasteiger partial charge in [-0.3, -0.25) is 10.2 Å². The molecule has 11 heteroatoms. The molecule has 38 heavy (non-hydrogen) atoms. The molecule has 202 valence electrons. The van der Waals surface area contributed by atoms with Crippen LogP contribution in [-0.2, 0) is 27.3 Å². The maximum absolute atomic E-state index is 13.2. The number of methoxy groups -OCH3 is 1. The summed E-state index contributed by atoms with van der Waals surface area (Å²) in [5.41, 5.74) is 3.61. The Morgan fingerprint density at radius 1 is 1.39 bits per heavy atom. The molecule has 2 heterocycles. The molecule has 2 N–H and O–H groups in total. The number of aromatic amines is 1. The van der Waals surface area contributed by atoms with Crippen molar-refractivity contribution in [2.24, 2.45) is 0 Å². The number of nitrogens with zero attached hydrogens (tertiary/aromatic N) is 4. The molecule has 1 unspecified atom stereocenters. The van der Waals surface area contributed by atoms with E-state index in [1.807, 2.05) is 47.6 Å². The Kier molecular flexibility index (Phi) is 10.4. The molecule has 1 aliphatic rings. The summed E-state index contributed by atoms with van der Waals surface area (Å²) in [6.07, 6.45) is 3.05. The van der Waals surface area contributed by atoms with Gasteiger partial charge in [-0.2, -0.15) is 5.26 Å². The highest BCUT2D eigenvalue weighted by atomic mass is 35.5. The van der Waals surface area contributed by atoms with Crippen molar-refractivity contribution in [1.29, 1.82) is 10.7 Å². The van der Waals surface area contributed by atoms with Crippen LogP contribution in [0.5, 0.6) is 0 Å². The molecule has 2 aromatic rings. The zero-order valence-electron chi connectivity index (χ0n) is 22.1. The van der Waals surface area contributed by atoms with Gasteiger partial charge in [-0.1, -0.05) is 42.8 Å². The van der Waals surface area contributed by atoms with Crippen LogP contribution in [0.1, 0.15) is 42.7 Å². The summed E-state index contributed by atoms with van der Waals surface area (Å²) in [4.78, 5) is 32.6. The van der Waals surface area contributed by atoms with E-state index in [1.165, 1.54) is 19.1 Å². The fraction of sp³-hybridized carbons (Fsp3) is 0.407. The number of hydrogen-bond acceptors (Lipinski definition) is 7. The second-order valence-electron chi connectivity index (χ2n) is 9.00. The van der Waals surface area contributed by atoms with E-state index in [-0.39, 0.29) is 19.0 Å². The monoisotopic (exact) mass is 556 g/mol. The summed E-state index contributed by atoms with van der Waals surface area (Å²) >= 11 is 7.48. The van der Waals surface area contributed by atoms with Gasteiger partial charge in [0.15, 0.2) is 0 Å². The quantitative estimate of drug-likeness (QED) is 0.194. The van der Waals surface area contributed by atoms with Crippen LogP contribution in [-0.4, -0.2) is 76.6 Å². The molecule has 0 radical (unpaired) electrons. The Morgan fingerprint density at radius 2 is 2.11 bits per heavy atom. The number of amides is 1. The number of benzene rings is 1. The maximum atomic E-state index is 13.2. The number of aromatic nitrogens is 1. The highest BCUT2D eigenvalue weighted by Gasteiger charge is 2.38. The minimum Gasteiger partial charge on any atom is -0.467 e. The van der Waals surface area contributed by atoms with E-state index < -0.39 is 12.0 Å². The van der Waals surface area contributed by atoms with Crippen molar-refractivity contribution in [3.8, 4) is 6.07 Å². The highest BCUT2D eigenvalue weighted by molar-refractivity contribution is 7.97. The number of halogens is 1. The number of carbonyl (C=O) groups is 2. The van der Waals surface area contributed by atoms with Gasteiger partial charge in [0.05, 0.1) is 31.2 Å². The summed E-state index contributed by atoms with van der Waals surface area (Å²) in [6.45, 7) is 5.06. The van der Waals surface area contributed by atoms with Crippen molar-refractivity contribution in [3.63, 3.8) is 0 Å². The molecule has 0 spiro atoms. The molecule has 1 atom stereocenters. The number of allylic oxidation sites excluding steroid dienone is 1. The first-order valence-electron chi connectivity index (χ1n) is 12.3. The number of hydrogen-bond donors (Lipinski definition) is 2. The summed E-state index contributed by atoms with van der Waals surface area (Å²) in [6, 6.07) is 10.7. The molecular formula is C27H33ClN6O3S. The Hall–Kier alpha value is -3.26. The number of H-pyrrole nitrogens is 1. The van der Waals surface area contributed by atoms with E-state index in [9.17, 15) is 9.59 Å². The van der Waals surface area contributed by atoms with E-state index in [0.717, 1.165) is 28.3 Å². The number of piperazine rings is 1. The van der Waals surface area contributed by atoms with Crippen molar-refractivity contribution in [2.45, 2.75) is 44.3 Å². The Balaban J connectivity index is 1.72. The third kappa shape index (κ3) is 7.40. The molecule has 0 bridgehead atoms. The van der Waals surface area contributed by atoms with Gasteiger partial charge >= 0.3 is 5.97 Å². The third-order valence-corrected chi connectivity index (χ3v) is 7.29. The number of rotatable bonds is 10. The van der Waals surface area contributed by atoms with Gasteiger partial charge in [-0.05, 0) is 48.6 Å². The number of aryl methyl sites for hydroxylation is 1. The van der Waals surface area contributed by atoms with Gasteiger partial charge in [0.1, 0.15) is 11.9 Å². The van der Waals surface area contributed by atoms with Crippen LogP contribution in [0.15, 0.2) is 40.4 Å². The second-order valence-corrected chi connectivity index (χ2v) is 10.7. The zero-order chi connectivity index (χ0) is 27.8. The standard InChI is InChI=1S/C27H33ClN6O3S/c1-5-22-21(13-18(2)28)14-24(31-22)38-33-16-23(27(36)37-4)34(25(35)17-33)15-19-7-9-20(10-8-19)26(30)32(3)12-6-11-29/h7-10,13-14,23,30-31H,5-6,12,15-17H2,1-4H3/b18-13+,30-26?. The number of esters is 1. The fourth-order valence-corrected chi connectivity index (χ4v) is 5.34. The van der Waals surface area contributed by atoms with Crippen LogP contribution in [0.4, 0.5) is 0 Å². The van der Waals surface area contributed by atoms with Crippen LogP contribution in [0.2, 0.25) is 0 Å². The fourth-order valence-electron chi connectivity index (χ4n) is 4.20. The summed E-state index contributed by atoms with van der Waals surface area (Å²) < 4.78 is 6.91. The second kappa shape index (κ2) is 13.5. The lowest BCUT2D eigenvalue weighted by atomic mass is 10.1. The average Bonchev–Trinajstić information content (AvgIpc) is 3.28. The van der Waals surface area contributed by atoms with Crippen molar-refractivity contribution >= 4 is 47.3 Å². The molecule has 1 amide bonds. The van der Waals surface area contributed by atoms with Crippen molar-refractivity contribution in [2.75, 3.05) is 33.8 Å². The van der Waals surface area contributed by atoms with Crippen LogP contribution in [0.3, 0.4) is 0 Å². The summed E-state index contributed by atoms with van der Waals surface area (Å²) in [5.74, 6) is -0.328. The molecule has 1 fully saturated rings. The van der Waals surface area contributed by atoms with Gasteiger partial charge in [-0.15, -0.1) is 0 Å². The van der Waals surface area contributed by atoms with Gasteiger partial charge < -0.3 is 19.5 Å². The molecule has 1 aromatic heterocycles. The molecule has 1 aliphatic heterocycles. The number of nitrogens with one attached hydrogen (secondary N) is 2. The third-order valence-electron chi connectivity index (χ3n) is 6.22. The first-order chi connectivity index (χ1) is 18.2. The van der Waals surface area contributed by atoms with Crippen molar-refractivity contribution in [3.05, 3.63) is 57.7 Å². The molecule has 0 aliphatic carbocycles. The van der Waals surface area contributed by atoms with E-state index in [2.05, 4.69) is 18.0 Å². The SMILES string of the molecule is CCc1[nH]c(SN2CC(=O)N(Cc3ccc(C(=N)N(C)CCC#N)cc3)C(C(=O)OC)C2)cc1/C=C(\C)Cl. The molecule has 1 saturated heterocycles. The number of carbonyl (C=O) groups excluding carboxylic acids is 2. The lowest BCUT2D eigenvalue weighted by Gasteiger charge is -2.38. The average molecular weight is 557 g/mol. The van der Waals surface area contributed by atoms with Crippen LogP contribution >= 0.6 is 23.5 Å². The lowest BCUT2D eigenvalue weighted by molar-refractivity contribution is -0.156. The molecule has 9 nitrogen and oxygen atoms in total. The predicted octanol–water partition coefficient (Wildman–Crippen LogP) is 4.24. The first-order valence-corrected chi connectivity index (χ1v) is 13.4. The molecule has 0 saturated carbocycles. The highest BCUT2D eigenvalue weighted by Crippen LogP contribution is 2.30. The Labute approximate surface area is 233 Å². The van der Waals surface area contributed by atoms with Gasteiger partial charge in [0.25, 0.3) is 0 Å². The largest absolute Gasteiger partial charge is 0.467 e. The topological polar surface area (TPSA) is 117 Å². The Bertz CT molecular complexity index is 1230. The van der Waals surface area contributed by atoms with Crippen LogP contribution in [0, 0.1) is 16.7 Å². The van der Waals surface area contributed by atoms with Crippen LogP contribution < -0.4 is 0 Å². The van der Waals surface area contributed by atoms with Crippen molar-refractivity contribution < 1.29 is 14.3 Å². The molecule has 3 rings (SSSR count). The lowest BCUT2D eigenvalue weighted by Crippen LogP contribution is -2.57. The minimum atomic E-state index is -0.756. The smallest absolute Gasteiger partial charge is 0.329 e. The molecule has 1 aromatic carbocycles. The summed E-state index contributed by atoms with van der Waals surface area (Å²) in [5, 5.41) is 18.7. The van der Waals surface area contributed by atoms with E-state index in [0.29, 0.717) is 35.9 Å². The van der Waals surface area contributed by atoms with E-state index >= 15 is 0 Å². The normalized spacial score (nSPS) is 16.3. The first kappa shape index (κ1) is 29.3. The van der Waals surface area contributed by atoms with Gasteiger partial charge in [0, 0.05) is 43.0 Å². The molecular weight excluding hydrogens is 524 g/mol. The van der Waals surface area contributed by atoms with E-state index in [4.69, 9.17) is 27.0 Å².